The fourth-order valence-corrected chi connectivity index (χ4v) is 2.73. The first kappa shape index (κ1) is 12.5. The molecule has 0 saturated carbocycles. The van der Waals surface area contributed by atoms with E-state index in [9.17, 15) is 5.11 Å². The molecule has 1 aliphatic heterocycles. The third-order valence-electron chi connectivity index (χ3n) is 3.79. The molecule has 3 heteroatoms. The summed E-state index contributed by atoms with van der Waals surface area (Å²) in [4.78, 5) is 2.30. The molecule has 0 spiro atoms. The SMILES string of the molecule is OC[C@@H]1CCCN1Cc1ccc(-c2ccccc2)o1. The highest BCUT2D eigenvalue weighted by molar-refractivity contribution is 5.57. The Balaban J connectivity index is 1.72. The highest BCUT2D eigenvalue weighted by Gasteiger charge is 2.24. The van der Waals surface area contributed by atoms with E-state index in [0.29, 0.717) is 6.04 Å². The summed E-state index contributed by atoms with van der Waals surface area (Å²) in [7, 11) is 0. The Morgan fingerprint density at radius 2 is 2.00 bits per heavy atom. The van der Waals surface area contributed by atoms with Crippen LogP contribution in [0.4, 0.5) is 0 Å². The quantitative estimate of drug-likeness (QED) is 0.915. The maximum Gasteiger partial charge on any atom is 0.134 e. The Morgan fingerprint density at radius 1 is 1.16 bits per heavy atom. The summed E-state index contributed by atoms with van der Waals surface area (Å²) in [6.07, 6.45) is 2.25. The van der Waals surface area contributed by atoms with Gasteiger partial charge in [0.1, 0.15) is 11.5 Å². The van der Waals surface area contributed by atoms with Crippen LogP contribution in [-0.2, 0) is 6.54 Å². The summed E-state index contributed by atoms with van der Waals surface area (Å²) >= 11 is 0. The van der Waals surface area contributed by atoms with Crippen LogP contribution in [0.15, 0.2) is 46.9 Å². The molecule has 100 valence electrons. The van der Waals surface area contributed by atoms with Gasteiger partial charge in [-0.1, -0.05) is 30.3 Å². The van der Waals surface area contributed by atoms with E-state index in [1.54, 1.807) is 0 Å². The van der Waals surface area contributed by atoms with E-state index in [4.69, 9.17) is 4.42 Å². The average molecular weight is 257 g/mol. The number of nitrogens with zero attached hydrogens (tertiary/aromatic N) is 1. The van der Waals surface area contributed by atoms with Crippen molar-refractivity contribution in [1.29, 1.82) is 0 Å². The van der Waals surface area contributed by atoms with Crippen LogP contribution >= 0.6 is 0 Å². The standard InChI is InChI=1S/C16H19NO2/c18-12-14-7-4-10-17(14)11-15-8-9-16(19-15)13-5-2-1-3-6-13/h1-3,5-6,8-9,14,18H,4,7,10-12H2/t14-/m0/s1. The Bertz CT molecular complexity index is 521. The molecular weight excluding hydrogens is 238 g/mol. The van der Waals surface area contributed by atoms with Crippen LogP contribution in [0.3, 0.4) is 0 Å². The second kappa shape index (κ2) is 5.59. The van der Waals surface area contributed by atoms with Crippen LogP contribution in [0.25, 0.3) is 11.3 Å². The minimum Gasteiger partial charge on any atom is -0.460 e. The molecule has 0 radical (unpaired) electrons. The van der Waals surface area contributed by atoms with E-state index in [2.05, 4.69) is 17.0 Å². The number of furan rings is 1. The van der Waals surface area contributed by atoms with Crippen molar-refractivity contribution >= 4 is 0 Å². The van der Waals surface area contributed by atoms with E-state index in [1.807, 2.05) is 30.3 Å². The van der Waals surface area contributed by atoms with Gasteiger partial charge in [-0.3, -0.25) is 4.90 Å². The van der Waals surface area contributed by atoms with Gasteiger partial charge in [0, 0.05) is 11.6 Å². The number of aliphatic hydroxyl groups excluding tert-OH is 1. The monoisotopic (exact) mass is 257 g/mol. The largest absolute Gasteiger partial charge is 0.460 e. The van der Waals surface area contributed by atoms with Gasteiger partial charge in [0.15, 0.2) is 0 Å². The number of hydrogen-bond acceptors (Lipinski definition) is 3. The van der Waals surface area contributed by atoms with Crippen LogP contribution < -0.4 is 0 Å². The summed E-state index contributed by atoms with van der Waals surface area (Å²) in [5, 5.41) is 9.33. The minimum atomic E-state index is 0.242. The third kappa shape index (κ3) is 2.72. The van der Waals surface area contributed by atoms with Gasteiger partial charge in [-0.15, -0.1) is 0 Å². The summed E-state index contributed by atoms with van der Waals surface area (Å²) < 4.78 is 5.90. The molecule has 1 aromatic carbocycles. The van der Waals surface area contributed by atoms with Gasteiger partial charge in [0.25, 0.3) is 0 Å². The van der Waals surface area contributed by atoms with Gasteiger partial charge < -0.3 is 9.52 Å². The molecular formula is C16H19NO2. The van der Waals surface area contributed by atoms with E-state index in [1.165, 1.54) is 0 Å². The van der Waals surface area contributed by atoms with Gasteiger partial charge in [0.2, 0.25) is 0 Å². The molecule has 0 unspecified atom stereocenters. The first-order valence-electron chi connectivity index (χ1n) is 6.86. The fraction of sp³-hybridized carbons (Fsp3) is 0.375. The summed E-state index contributed by atoms with van der Waals surface area (Å²) in [5.41, 5.74) is 1.11. The number of benzene rings is 1. The van der Waals surface area contributed by atoms with E-state index in [0.717, 1.165) is 43.0 Å². The molecule has 0 aliphatic carbocycles. The maximum absolute atomic E-state index is 9.33. The summed E-state index contributed by atoms with van der Waals surface area (Å²) in [6, 6.07) is 14.5. The van der Waals surface area contributed by atoms with Crippen molar-refractivity contribution < 1.29 is 9.52 Å². The zero-order chi connectivity index (χ0) is 13.1. The van der Waals surface area contributed by atoms with Gasteiger partial charge in [-0.2, -0.15) is 0 Å². The van der Waals surface area contributed by atoms with Crippen LogP contribution in [0, 0.1) is 0 Å². The van der Waals surface area contributed by atoms with Crippen LogP contribution in [0.1, 0.15) is 18.6 Å². The van der Waals surface area contributed by atoms with E-state index < -0.39 is 0 Å². The highest BCUT2D eigenvalue weighted by Crippen LogP contribution is 2.25. The minimum absolute atomic E-state index is 0.242. The number of likely N-dealkylation sites (tertiary alicyclic amines) is 1. The molecule has 1 aliphatic rings. The van der Waals surface area contributed by atoms with Crippen molar-refractivity contribution in [2.75, 3.05) is 13.2 Å². The third-order valence-corrected chi connectivity index (χ3v) is 3.79. The van der Waals surface area contributed by atoms with Gasteiger partial charge in [0.05, 0.1) is 13.2 Å². The van der Waals surface area contributed by atoms with Crippen LogP contribution in [0.5, 0.6) is 0 Å². The molecule has 19 heavy (non-hydrogen) atoms. The van der Waals surface area contributed by atoms with Crippen molar-refractivity contribution in [2.45, 2.75) is 25.4 Å². The Morgan fingerprint density at radius 3 is 2.79 bits per heavy atom. The molecule has 0 bridgehead atoms. The van der Waals surface area contributed by atoms with Gasteiger partial charge in [-0.25, -0.2) is 0 Å². The molecule has 1 aromatic heterocycles. The molecule has 1 saturated heterocycles. The maximum atomic E-state index is 9.33. The zero-order valence-corrected chi connectivity index (χ0v) is 11.0. The Labute approximate surface area is 113 Å². The van der Waals surface area contributed by atoms with Gasteiger partial charge in [-0.05, 0) is 31.5 Å². The predicted octanol–water partition coefficient (Wildman–Crippen LogP) is 2.90. The number of aliphatic hydroxyl groups is 1. The zero-order valence-electron chi connectivity index (χ0n) is 11.0. The molecule has 0 amide bonds. The lowest BCUT2D eigenvalue weighted by atomic mass is 10.2. The normalized spacial score (nSPS) is 19.9. The van der Waals surface area contributed by atoms with E-state index >= 15 is 0 Å². The lowest BCUT2D eigenvalue weighted by Crippen LogP contribution is -2.31. The fourth-order valence-electron chi connectivity index (χ4n) is 2.73. The second-order valence-corrected chi connectivity index (χ2v) is 5.08. The molecule has 3 rings (SSSR count). The van der Waals surface area contributed by atoms with Crippen molar-refractivity contribution in [2.24, 2.45) is 0 Å². The van der Waals surface area contributed by atoms with Crippen molar-refractivity contribution in [3.05, 3.63) is 48.2 Å². The molecule has 2 aromatic rings. The van der Waals surface area contributed by atoms with Crippen molar-refractivity contribution in [1.82, 2.24) is 4.90 Å². The Kier molecular flexibility index (Phi) is 3.67. The van der Waals surface area contributed by atoms with Crippen LogP contribution in [-0.4, -0.2) is 29.2 Å². The summed E-state index contributed by atoms with van der Waals surface area (Å²) in [5.74, 6) is 1.88. The molecule has 1 fully saturated rings. The van der Waals surface area contributed by atoms with Crippen molar-refractivity contribution in [3.63, 3.8) is 0 Å². The molecule has 2 heterocycles. The lowest BCUT2D eigenvalue weighted by Gasteiger charge is -2.21. The molecule has 3 nitrogen and oxygen atoms in total. The topological polar surface area (TPSA) is 36.6 Å². The number of hydrogen-bond donors (Lipinski definition) is 1. The number of rotatable bonds is 4. The summed E-state index contributed by atoms with van der Waals surface area (Å²) in [6.45, 7) is 2.08. The average Bonchev–Trinajstić information content (AvgIpc) is 3.09. The molecule has 1 atom stereocenters. The van der Waals surface area contributed by atoms with Crippen molar-refractivity contribution in [3.8, 4) is 11.3 Å². The molecule has 1 N–H and O–H groups in total. The Hall–Kier alpha value is -1.58. The lowest BCUT2D eigenvalue weighted by molar-refractivity contribution is 0.146. The second-order valence-electron chi connectivity index (χ2n) is 5.08. The first-order chi connectivity index (χ1) is 9.36. The van der Waals surface area contributed by atoms with Crippen LogP contribution in [0.2, 0.25) is 0 Å². The highest BCUT2D eigenvalue weighted by atomic mass is 16.3. The first-order valence-corrected chi connectivity index (χ1v) is 6.86. The predicted molar refractivity (Wildman–Crippen MR) is 74.7 cm³/mol. The van der Waals surface area contributed by atoms with E-state index in [-0.39, 0.29) is 6.61 Å². The smallest absolute Gasteiger partial charge is 0.134 e. The van der Waals surface area contributed by atoms with Gasteiger partial charge >= 0.3 is 0 Å².